The van der Waals surface area contributed by atoms with Crippen LogP contribution >= 0.6 is 11.6 Å². The second kappa shape index (κ2) is 15.0. The Kier molecular flexibility index (Phi) is 11.8. The molecule has 1 atom stereocenters. The Morgan fingerprint density at radius 1 is 0.951 bits per heavy atom. The molecule has 0 radical (unpaired) electrons. The number of sulfonamides is 1. The number of carbonyl (C=O) groups excluding carboxylic acids is 2. The minimum Gasteiger partial charge on any atom is -0.354 e. The van der Waals surface area contributed by atoms with E-state index in [-0.39, 0.29) is 31.3 Å². The summed E-state index contributed by atoms with van der Waals surface area (Å²) in [4.78, 5) is 28.9. The third-order valence-electron chi connectivity index (χ3n) is 7.06. The van der Waals surface area contributed by atoms with Gasteiger partial charge in [0, 0.05) is 37.5 Å². The molecular formula is C32H40ClN3O4S. The molecule has 1 N–H and O–H groups in total. The van der Waals surface area contributed by atoms with Crippen LogP contribution in [0.4, 0.5) is 5.69 Å². The average molecular weight is 598 g/mol. The lowest BCUT2D eigenvalue weighted by atomic mass is 10.0. The van der Waals surface area contributed by atoms with E-state index in [9.17, 15) is 18.0 Å². The van der Waals surface area contributed by atoms with E-state index in [4.69, 9.17) is 11.6 Å². The van der Waals surface area contributed by atoms with Crippen molar-refractivity contribution >= 4 is 39.1 Å². The van der Waals surface area contributed by atoms with E-state index >= 15 is 0 Å². The highest BCUT2D eigenvalue weighted by Crippen LogP contribution is 2.26. The lowest BCUT2D eigenvalue weighted by Crippen LogP contribution is -2.50. The summed E-state index contributed by atoms with van der Waals surface area (Å²) in [6.07, 6.45) is 2.66. The van der Waals surface area contributed by atoms with Crippen molar-refractivity contribution in [1.82, 2.24) is 10.2 Å². The molecule has 0 aromatic heterocycles. The van der Waals surface area contributed by atoms with E-state index in [2.05, 4.69) is 5.32 Å². The second-order valence-corrected chi connectivity index (χ2v) is 12.6. The summed E-state index contributed by atoms with van der Waals surface area (Å²) >= 11 is 6.25. The predicted molar refractivity (Wildman–Crippen MR) is 167 cm³/mol. The Hall–Kier alpha value is -3.36. The topological polar surface area (TPSA) is 86.8 Å². The molecule has 0 heterocycles. The SMILES string of the molecule is CCCNC(=O)C(Cc1ccccc1)N(Cc1cccc(Cl)c1)C(=O)CCCN(c1cccc(C)c1C)S(C)(=O)=O. The minimum absolute atomic E-state index is 0.0732. The normalized spacial score (nSPS) is 12.0. The first kappa shape index (κ1) is 32.2. The Labute approximate surface area is 249 Å². The molecule has 0 aliphatic carbocycles. The molecule has 220 valence electrons. The van der Waals surface area contributed by atoms with Crippen molar-refractivity contribution in [2.24, 2.45) is 0 Å². The molecular weight excluding hydrogens is 558 g/mol. The van der Waals surface area contributed by atoms with Crippen LogP contribution in [-0.4, -0.2) is 50.5 Å². The van der Waals surface area contributed by atoms with Crippen LogP contribution in [0.2, 0.25) is 5.02 Å². The van der Waals surface area contributed by atoms with Gasteiger partial charge in [-0.1, -0.05) is 73.1 Å². The number of benzene rings is 3. The number of nitrogens with zero attached hydrogens (tertiary/aromatic N) is 2. The van der Waals surface area contributed by atoms with Crippen molar-refractivity contribution in [1.29, 1.82) is 0 Å². The Morgan fingerprint density at radius 3 is 2.29 bits per heavy atom. The number of anilines is 1. The first-order valence-corrected chi connectivity index (χ1v) is 16.1. The van der Waals surface area contributed by atoms with Gasteiger partial charge < -0.3 is 10.2 Å². The highest BCUT2D eigenvalue weighted by Gasteiger charge is 2.30. The first-order chi connectivity index (χ1) is 19.5. The van der Waals surface area contributed by atoms with Crippen LogP contribution in [0.5, 0.6) is 0 Å². The number of nitrogens with one attached hydrogen (secondary N) is 1. The third-order valence-corrected chi connectivity index (χ3v) is 8.47. The summed E-state index contributed by atoms with van der Waals surface area (Å²) in [5.41, 5.74) is 4.22. The molecule has 1 unspecified atom stereocenters. The number of hydrogen-bond acceptors (Lipinski definition) is 4. The maximum atomic E-state index is 13.9. The highest BCUT2D eigenvalue weighted by molar-refractivity contribution is 7.92. The molecule has 3 rings (SSSR count). The van der Waals surface area contributed by atoms with E-state index in [1.807, 2.05) is 75.4 Å². The van der Waals surface area contributed by atoms with Gasteiger partial charge in [0.25, 0.3) is 0 Å². The summed E-state index contributed by atoms with van der Waals surface area (Å²) in [7, 11) is -3.58. The molecule has 0 bridgehead atoms. The van der Waals surface area contributed by atoms with Crippen LogP contribution < -0.4 is 9.62 Å². The van der Waals surface area contributed by atoms with Crippen molar-refractivity contribution in [3.63, 3.8) is 0 Å². The van der Waals surface area contributed by atoms with Crippen molar-refractivity contribution in [2.45, 2.75) is 59.0 Å². The van der Waals surface area contributed by atoms with Gasteiger partial charge in [-0.15, -0.1) is 0 Å². The average Bonchev–Trinajstić information content (AvgIpc) is 2.93. The lowest BCUT2D eigenvalue weighted by Gasteiger charge is -2.32. The van der Waals surface area contributed by atoms with Gasteiger partial charge in [-0.2, -0.15) is 0 Å². The predicted octanol–water partition coefficient (Wildman–Crippen LogP) is 5.67. The zero-order chi connectivity index (χ0) is 30.0. The summed E-state index contributed by atoms with van der Waals surface area (Å²) in [6.45, 7) is 6.65. The van der Waals surface area contributed by atoms with Crippen molar-refractivity contribution < 1.29 is 18.0 Å². The largest absolute Gasteiger partial charge is 0.354 e. The van der Waals surface area contributed by atoms with E-state index in [0.29, 0.717) is 30.1 Å². The van der Waals surface area contributed by atoms with E-state index in [1.165, 1.54) is 10.6 Å². The van der Waals surface area contributed by atoms with Crippen molar-refractivity contribution in [3.05, 3.63) is 100 Å². The molecule has 9 heteroatoms. The molecule has 0 saturated carbocycles. The summed E-state index contributed by atoms with van der Waals surface area (Å²) in [6, 6.07) is 21.7. The van der Waals surface area contributed by atoms with Crippen molar-refractivity contribution in [3.8, 4) is 0 Å². The molecule has 2 amide bonds. The van der Waals surface area contributed by atoms with Gasteiger partial charge in [0.05, 0.1) is 11.9 Å². The Bertz CT molecular complexity index is 1430. The summed E-state index contributed by atoms with van der Waals surface area (Å²) in [5.74, 6) is -0.453. The summed E-state index contributed by atoms with van der Waals surface area (Å²) < 4.78 is 26.8. The van der Waals surface area contributed by atoms with Gasteiger partial charge in [-0.3, -0.25) is 13.9 Å². The standard InChI is InChI=1S/C32H40ClN3O4S/c1-5-19-34-32(38)30(22-26-13-7-6-8-14-26)35(23-27-15-10-16-28(33)21-27)31(37)18-11-20-36(41(4,39)40)29-17-9-12-24(2)25(29)3/h6-10,12-17,21,30H,5,11,18-20,22-23H2,1-4H3,(H,34,38). The summed E-state index contributed by atoms with van der Waals surface area (Å²) in [5, 5.41) is 3.51. The molecule has 41 heavy (non-hydrogen) atoms. The maximum Gasteiger partial charge on any atom is 0.243 e. The molecule has 3 aromatic rings. The zero-order valence-corrected chi connectivity index (χ0v) is 25.8. The van der Waals surface area contributed by atoms with Crippen LogP contribution in [0, 0.1) is 13.8 Å². The van der Waals surface area contributed by atoms with E-state index < -0.39 is 16.1 Å². The number of hydrogen-bond donors (Lipinski definition) is 1. The first-order valence-electron chi connectivity index (χ1n) is 13.9. The van der Waals surface area contributed by atoms with Gasteiger partial charge in [0.15, 0.2) is 0 Å². The molecule has 3 aromatic carbocycles. The second-order valence-electron chi connectivity index (χ2n) is 10.3. The Morgan fingerprint density at radius 2 is 1.63 bits per heavy atom. The Balaban J connectivity index is 1.89. The van der Waals surface area contributed by atoms with Crippen molar-refractivity contribution in [2.75, 3.05) is 23.7 Å². The van der Waals surface area contributed by atoms with Crippen LogP contribution in [0.15, 0.2) is 72.8 Å². The monoisotopic (exact) mass is 597 g/mol. The fourth-order valence-corrected chi connectivity index (χ4v) is 5.97. The van der Waals surface area contributed by atoms with Crippen LogP contribution in [0.3, 0.4) is 0 Å². The third kappa shape index (κ3) is 9.33. The quantitative estimate of drug-likeness (QED) is 0.259. The molecule has 0 fully saturated rings. The van der Waals surface area contributed by atoms with E-state index in [0.717, 1.165) is 28.7 Å². The fourth-order valence-electron chi connectivity index (χ4n) is 4.74. The molecule has 0 aliphatic heterocycles. The van der Waals surface area contributed by atoms with E-state index in [1.54, 1.807) is 23.1 Å². The molecule has 0 aliphatic rings. The van der Waals surface area contributed by atoms with Gasteiger partial charge in [0.1, 0.15) is 6.04 Å². The molecule has 7 nitrogen and oxygen atoms in total. The number of rotatable bonds is 14. The van der Waals surface area contributed by atoms with Crippen LogP contribution in [0.25, 0.3) is 0 Å². The van der Waals surface area contributed by atoms with Gasteiger partial charge in [-0.25, -0.2) is 8.42 Å². The number of halogens is 1. The minimum atomic E-state index is -3.58. The number of amides is 2. The van der Waals surface area contributed by atoms with Gasteiger partial charge >= 0.3 is 0 Å². The maximum absolute atomic E-state index is 13.9. The zero-order valence-electron chi connectivity index (χ0n) is 24.3. The number of aryl methyl sites for hydroxylation is 1. The molecule has 0 spiro atoms. The van der Waals surface area contributed by atoms with Gasteiger partial charge in [-0.05, 0) is 67.1 Å². The van der Waals surface area contributed by atoms with Crippen LogP contribution in [-0.2, 0) is 32.6 Å². The number of carbonyl (C=O) groups is 2. The lowest BCUT2D eigenvalue weighted by molar-refractivity contribution is -0.141. The van der Waals surface area contributed by atoms with Crippen LogP contribution in [0.1, 0.15) is 48.4 Å². The fraction of sp³-hybridized carbons (Fsp3) is 0.375. The molecule has 0 saturated heterocycles. The van der Waals surface area contributed by atoms with Gasteiger partial charge in [0.2, 0.25) is 21.8 Å². The smallest absolute Gasteiger partial charge is 0.243 e. The highest BCUT2D eigenvalue weighted by atomic mass is 35.5.